The molecule has 4 aromatic carbocycles. The quantitative estimate of drug-likeness (QED) is 0.132. The van der Waals surface area contributed by atoms with Crippen molar-refractivity contribution < 1.29 is 28.7 Å². The molecule has 0 radical (unpaired) electrons. The molecule has 0 bridgehead atoms. The minimum absolute atomic E-state index is 0.0434. The Hall–Kier alpha value is -5.77. The van der Waals surface area contributed by atoms with Crippen molar-refractivity contribution in [3.05, 3.63) is 137 Å². The number of ketones is 1. The topological polar surface area (TPSA) is 143 Å². The first kappa shape index (κ1) is 36.0. The molecule has 10 nitrogen and oxygen atoms in total. The number of ether oxygens (including phenoxy) is 1. The fourth-order valence-corrected chi connectivity index (χ4v) is 6.67. The minimum atomic E-state index is -1.20. The summed E-state index contributed by atoms with van der Waals surface area (Å²) in [6, 6.07) is 30.3. The summed E-state index contributed by atoms with van der Waals surface area (Å²) in [4.78, 5) is 68.4. The van der Waals surface area contributed by atoms with Gasteiger partial charge in [0.25, 0.3) is 5.91 Å². The fraction of sp³-hybridized carbons (Fsp3) is 0.310. The third kappa shape index (κ3) is 9.51. The van der Waals surface area contributed by atoms with Crippen LogP contribution in [0.2, 0.25) is 0 Å². The Balaban J connectivity index is 1.19. The lowest BCUT2D eigenvalue weighted by atomic mass is 9.99. The number of hydrogen-bond donors (Lipinski definition) is 4. The maximum Gasteiger partial charge on any atom is 0.289 e. The molecule has 2 aliphatic carbocycles. The van der Waals surface area contributed by atoms with Gasteiger partial charge >= 0.3 is 0 Å². The number of Topliss-reactive ketones (excluding diaryl/α,β-unsaturated/α-hetero) is 1. The fourth-order valence-electron chi connectivity index (χ4n) is 6.67. The minimum Gasteiger partial charge on any atom is -0.497 e. The van der Waals surface area contributed by atoms with Gasteiger partial charge in [0, 0.05) is 25.3 Å². The van der Waals surface area contributed by atoms with Gasteiger partial charge in [-0.25, -0.2) is 0 Å². The standard InChI is InChI=1S/C42H44N4O6/c1-52-34-20-16-28(17-21-34)23-36(45-41(50)37(30-18-19-30)46-39(48)33-24-31-14-8-9-15-32(31)25-33)40(49)44-35(22-27-10-4-2-5-11-27)38(47)42(51)43-26-29-12-6-3-7-13-29/h2-17,20-21,30,33,35-37H,18-19,22-26H2,1H3,(H,43,51)(H,44,49)(H,45,50)(H,46,48)/t35-,36-,37-/m0/s1. The average molecular weight is 701 g/mol. The van der Waals surface area contributed by atoms with E-state index in [-0.39, 0.29) is 37.1 Å². The van der Waals surface area contributed by atoms with E-state index in [4.69, 9.17) is 4.74 Å². The van der Waals surface area contributed by atoms with Crippen LogP contribution >= 0.6 is 0 Å². The molecule has 0 spiro atoms. The monoisotopic (exact) mass is 700 g/mol. The molecule has 0 aliphatic heterocycles. The van der Waals surface area contributed by atoms with E-state index in [1.54, 1.807) is 31.4 Å². The molecule has 2 aliphatic rings. The van der Waals surface area contributed by atoms with Crippen molar-refractivity contribution in [2.75, 3.05) is 7.11 Å². The third-order valence-corrected chi connectivity index (χ3v) is 9.76. The van der Waals surface area contributed by atoms with Gasteiger partial charge in [-0.3, -0.25) is 24.0 Å². The normalized spacial score (nSPS) is 15.3. The lowest BCUT2D eigenvalue weighted by Gasteiger charge is -2.26. The molecule has 52 heavy (non-hydrogen) atoms. The van der Waals surface area contributed by atoms with Crippen LogP contribution in [0, 0.1) is 11.8 Å². The Morgan fingerprint density at radius 3 is 1.77 bits per heavy atom. The number of nitrogens with one attached hydrogen (secondary N) is 4. The predicted octanol–water partition coefficient (Wildman–Crippen LogP) is 3.65. The Kier molecular flexibility index (Phi) is 11.8. The zero-order chi connectivity index (χ0) is 36.5. The van der Waals surface area contributed by atoms with Crippen LogP contribution in [0.25, 0.3) is 0 Å². The molecule has 4 aromatic rings. The van der Waals surface area contributed by atoms with Crippen LogP contribution in [0.15, 0.2) is 109 Å². The van der Waals surface area contributed by atoms with Gasteiger partial charge in [-0.2, -0.15) is 0 Å². The van der Waals surface area contributed by atoms with Crippen molar-refractivity contribution in [3.63, 3.8) is 0 Å². The molecule has 3 atom stereocenters. The molecule has 268 valence electrons. The zero-order valence-corrected chi connectivity index (χ0v) is 29.2. The predicted molar refractivity (Wildman–Crippen MR) is 196 cm³/mol. The number of benzene rings is 4. The molecule has 0 heterocycles. The molecule has 0 unspecified atom stereocenters. The summed E-state index contributed by atoms with van der Waals surface area (Å²) in [6.45, 7) is 0.148. The van der Waals surface area contributed by atoms with Gasteiger partial charge in [-0.05, 0) is 71.6 Å². The second-order valence-electron chi connectivity index (χ2n) is 13.6. The van der Waals surface area contributed by atoms with E-state index < -0.39 is 41.6 Å². The summed E-state index contributed by atoms with van der Waals surface area (Å²) in [5, 5.41) is 11.4. The van der Waals surface area contributed by atoms with E-state index >= 15 is 0 Å². The Bertz CT molecular complexity index is 1850. The van der Waals surface area contributed by atoms with Crippen molar-refractivity contribution in [1.29, 1.82) is 0 Å². The Morgan fingerprint density at radius 1 is 0.635 bits per heavy atom. The van der Waals surface area contributed by atoms with Gasteiger partial charge in [0.05, 0.1) is 7.11 Å². The summed E-state index contributed by atoms with van der Waals surface area (Å²) < 4.78 is 5.29. The first-order chi connectivity index (χ1) is 25.3. The van der Waals surface area contributed by atoms with Gasteiger partial charge in [-0.15, -0.1) is 0 Å². The summed E-state index contributed by atoms with van der Waals surface area (Å²) >= 11 is 0. The number of amides is 4. The van der Waals surface area contributed by atoms with Crippen LogP contribution in [-0.4, -0.2) is 54.6 Å². The third-order valence-electron chi connectivity index (χ3n) is 9.76. The van der Waals surface area contributed by atoms with Crippen molar-refractivity contribution >= 4 is 29.4 Å². The first-order valence-electron chi connectivity index (χ1n) is 17.8. The summed E-state index contributed by atoms with van der Waals surface area (Å²) in [7, 11) is 1.56. The highest BCUT2D eigenvalue weighted by atomic mass is 16.5. The molecule has 4 amide bonds. The van der Waals surface area contributed by atoms with E-state index in [0.717, 1.165) is 40.7 Å². The molecule has 0 saturated heterocycles. The summed E-state index contributed by atoms with van der Waals surface area (Å²) in [6.07, 6.45) is 2.95. The van der Waals surface area contributed by atoms with Gasteiger partial charge in [0.1, 0.15) is 23.9 Å². The first-order valence-corrected chi connectivity index (χ1v) is 17.8. The van der Waals surface area contributed by atoms with Crippen LogP contribution in [0.4, 0.5) is 0 Å². The molecule has 4 N–H and O–H groups in total. The number of fused-ring (bicyclic) bond motifs is 1. The van der Waals surface area contributed by atoms with Crippen molar-refractivity contribution in [2.24, 2.45) is 11.8 Å². The maximum atomic E-state index is 14.2. The Labute approximate surface area is 303 Å². The van der Waals surface area contributed by atoms with Crippen LogP contribution < -0.4 is 26.0 Å². The number of carbonyl (C=O) groups is 5. The van der Waals surface area contributed by atoms with Crippen molar-refractivity contribution in [1.82, 2.24) is 21.3 Å². The molecule has 0 aromatic heterocycles. The van der Waals surface area contributed by atoms with E-state index in [0.29, 0.717) is 18.6 Å². The Morgan fingerprint density at radius 2 is 1.17 bits per heavy atom. The molecule has 10 heteroatoms. The number of carbonyl (C=O) groups excluding carboxylic acids is 5. The number of rotatable bonds is 16. The highest BCUT2D eigenvalue weighted by Gasteiger charge is 2.41. The van der Waals surface area contributed by atoms with E-state index in [1.807, 2.05) is 84.9 Å². The SMILES string of the molecule is COc1ccc(C[C@H](NC(=O)[C@@H](NC(=O)C2Cc3ccccc3C2)C2CC2)C(=O)N[C@@H](Cc2ccccc2)C(=O)C(=O)NCc2ccccc2)cc1. The maximum absolute atomic E-state index is 14.2. The van der Waals surface area contributed by atoms with Gasteiger partial charge in [-0.1, -0.05) is 97.1 Å². The smallest absolute Gasteiger partial charge is 0.289 e. The van der Waals surface area contributed by atoms with Gasteiger partial charge in [0.2, 0.25) is 23.5 Å². The zero-order valence-electron chi connectivity index (χ0n) is 29.2. The average Bonchev–Trinajstić information content (AvgIpc) is 3.92. The molecular formula is C42H44N4O6. The molecular weight excluding hydrogens is 656 g/mol. The lowest BCUT2D eigenvalue weighted by molar-refractivity contribution is -0.140. The highest BCUT2D eigenvalue weighted by Crippen LogP contribution is 2.34. The second-order valence-corrected chi connectivity index (χ2v) is 13.6. The van der Waals surface area contributed by atoms with Crippen LogP contribution in [0.3, 0.4) is 0 Å². The number of hydrogen-bond acceptors (Lipinski definition) is 6. The van der Waals surface area contributed by atoms with Gasteiger partial charge in [0.15, 0.2) is 0 Å². The van der Waals surface area contributed by atoms with Gasteiger partial charge < -0.3 is 26.0 Å². The molecule has 1 fully saturated rings. The van der Waals surface area contributed by atoms with Crippen LogP contribution in [0.1, 0.15) is 40.7 Å². The second kappa shape index (κ2) is 17.0. The van der Waals surface area contributed by atoms with Crippen LogP contribution in [-0.2, 0) is 56.2 Å². The van der Waals surface area contributed by atoms with E-state index in [9.17, 15) is 24.0 Å². The highest BCUT2D eigenvalue weighted by molar-refractivity contribution is 6.38. The van der Waals surface area contributed by atoms with E-state index in [1.165, 1.54) is 0 Å². The molecule has 1 saturated carbocycles. The van der Waals surface area contributed by atoms with Crippen molar-refractivity contribution in [3.8, 4) is 5.75 Å². The van der Waals surface area contributed by atoms with E-state index in [2.05, 4.69) is 21.3 Å². The molecule has 6 rings (SSSR count). The summed E-state index contributed by atoms with van der Waals surface area (Å²) in [5.74, 6) is -2.59. The largest absolute Gasteiger partial charge is 0.497 e. The summed E-state index contributed by atoms with van der Waals surface area (Å²) in [5.41, 5.74) is 4.59. The lowest BCUT2D eigenvalue weighted by Crippen LogP contribution is -2.58. The van der Waals surface area contributed by atoms with Crippen molar-refractivity contribution in [2.45, 2.75) is 63.2 Å². The number of methoxy groups -OCH3 is 1. The van der Waals surface area contributed by atoms with Crippen LogP contribution in [0.5, 0.6) is 5.75 Å².